The zero-order valence-corrected chi connectivity index (χ0v) is 18.8. The molecule has 4 rings (SSSR count). The van der Waals surface area contributed by atoms with Crippen LogP contribution in [0.4, 0.5) is 15.3 Å². The SMILES string of the molecule is C[C@@H](NC(=O)[C@@H]1C[C@H](N)CN1C(=O)Nc1cn(C(N)=O)c2ccccc12)c1cccc(Cl)c1. The molecule has 4 amide bonds. The molecule has 0 saturated carbocycles. The minimum atomic E-state index is -0.730. The second kappa shape index (κ2) is 9.13. The van der Waals surface area contributed by atoms with E-state index in [-0.39, 0.29) is 24.5 Å². The Labute approximate surface area is 195 Å². The van der Waals surface area contributed by atoms with Crippen LogP contribution in [-0.4, -0.2) is 46.1 Å². The van der Waals surface area contributed by atoms with Crippen molar-refractivity contribution in [1.82, 2.24) is 14.8 Å². The van der Waals surface area contributed by atoms with Gasteiger partial charge in [-0.3, -0.25) is 9.36 Å². The van der Waals surface area contributed by atoms with E-state index in [9.17, 15) is 14.4 Å². The minimum Gasteiger partial charge on any atom is -0.351 e. The van der Waals surface area contributed by atoms with Crippen LogP contribution in [0, 0.1) is 0 Å². The van der Waals surface area contributed by atoms with Gasteiger partial charge >= 0.3 is 12.1 Å². The summed E-state index contributed by atoms with van der Waals surface area (Å²) in [5, 5.41) is 6.98. The maximum atomic E-state index is 13.1. The number of benzene rings is 2. The van der Waals surface area contributed by atoms with Gasteiger partial charge in [-0.15, -0.1) is 0 Å². The molecule has 1 fully saturated rings. The summed E-state index contributed by atoms with van der Waals surface area (Å²) in [7, 11) is 0. The van der Waals surface area contributed by atoms with Gasteiger partial charge in [0.05, 0.1) is 17.2 Å². The number of primary amides is 1. The van der Waals surface area contributed by atoms with E-state index in [1.165, 1.54) is 15.7 Å². The molecule has 1 saturated heterocycles. The highest BCUT2D eigenvalue weighted by Gasteiger charge is 2.39. The number of carbonyl (C=O) groups is 3. The zero-order valence-electron chi connectivity index (χ0n) is 18.0. The maximum Gasteiger partial charge on any atom is 0.323 e. The summed E-state index contributed by atoms with van der Waals surface area (Å²) in [4.78, 5) is 39.4. The average Bonchev–Trinajstić information content (AvgIpc) is 3.35. The summed E-state index contributed by atoms with van der Waals surface area (Å²) >= 11 is 6.06. The molecule has 3 aromatic rings. The Morgan fingerprint density at radius 3 is 2.64 bits per heavy atom. The molecule has 0 bridgehead atoms. The predicted molar refractivity (Wildman–Crippen MR) is 127 cm³/mol. The van der Waals surface area contributed by atoms with E-state index >= 15 is 0 Å². The van der Waals surface area contributed by atoms with Crippen molar-refractivity contribution in [3.63, 3.8) is 0 Å². The second-order valence-electron chi connectivity index (χ2n) is 8.15. The number of amides is 4. The fourth-order valence-corrected chi connectivity index (χ4v) is 4.36. The molecule has 0 radical (unpaired) electrons. The van der Waals surface area contributed by atoms with Crippen molar-refractivity contribution in [2.45, 2.75) is 31.5 Å². The number of nitrogens with one attached hydrogen (secondary N) is 2. The Balaban J connectivity index is 1.52. The van der Waals surface area contributed by atoms with Crippen molar-refractivity contribution < 1.29 is 14.4 Å². The van der Waals surface area contributed by atoms with E-state index in [4.69, 9.17) is 23.1 Å². The Kier molecular flexibility index (Phi) is 6.26. The Morgan fingerprint density at radius 2 is 1.91 bits per heavy atom. The van der Waals surface area contributed by atoms with Gasteiger partial charge in [0, 0.05) is 29.2 Å². The predicted octanol–water partition coefficient (Wildman–Crippen LogP) is 3.03. The first-order valence-electron chi connectivity index (χ1n) is 10.5. The Bertz CT molecular complexity index is 1230. The number of anilines is 1. The molecule has 0 spiro atoms. The van der Waals surface area contributed by atoms with Crippen LogP contribution in [-0.2, 0) is 4.79 Å². The lowest BCUT2D eigenvalue weighted by molar-refractivity contribution is -0.125. The molecule has 1 aromatic heterocycles. The van der Waals surface area contributed by atoms with Gasteiger partial charge in [-0.05, 0) is 37.1 Å². The van der Waals surface area contributed by atoms with Crippen molar-refractivity contribution in [2.75, 3.05) is 11.9 Å². The standard InChI is InChI=1S/C23H25ClN6O3/c1-13(14-5-4-6-15(24)9-14)27-21(31)20-10-16(25)11-30(20)23(33)28-18-12-29(22(26)32)19-8-3-2-7-17(18)19/h2-9,12-13,16,20H,10-11,25H2,1H3,(H2,26,32)(H,27,31)(H,28,33)/t13-,16+,20+/m1/s1. The van der Waals surface area contributed by atoms with Gasteiger partial charge in [0.25, 0.3) is 0 Å². The van der Waals surface area contributed by atoms with Gasteiger partial charge in [0.2, 0.25) is 5.91 Å². The molecule has 9 nitrogen and oxygen atoms in total. The molecular weight excluding hydrogens is 444 g/mol. The second-order valence-corrected chi connectivity index (χ2v) is 8.58. The maximum absolute atomic E-state index is 13.1. The van der Waals surface area contributed by atoms with Crippen molar-refractivity contribution in [2.24, 2.45) is 11.5 Å². The first-order chi connectivity index (χ1) is 15.7. The van der Waals surface area contributed by atoms with Crippen molar-refractivity contribution >= 4 is 46.2 Å². The fraction of sp³-hybridized carbons (Fsp3) is 0.261. The summed E-state index contributed by atoms with van der Waals surface area (Å²) < 4.78 is 1.26. The number of urea groups is 1. The molecule has 0 aliphatic carbocycles. The number of hydrogen-bond acceptors (Lipinski definition) is 4. The molecular formula is C23H25ClN6O3. The van der Waals surface area contributed by atoms with E-state index in [2.05, 4.69) is 10.6 Å². The highest BCUT2D eigenvalue weighted by atomic mass is 35.5. The summed E-state index contributed by atoms with van der Waals surface area (Å²) in [6, 6.07) is 11.8. The third-order valence-electron chi connectivity index (χ3n) is 5.80. The summed E-state index contributed by atoms with van der Waals surface area (Å²) in [6.45, 7) is 2.07. The van der Waals surface area contributed by atoms with E-state index in [0.29, 0.717) is 28.0 Å². The summed E-state index contributed by atoms with van der Waals surface area (Å²) in [5.41, 5.74) is 13.4. The van der Waals surface area contributed by atoms with Crippen LogP contribution in [0.2, 0.25) is 5.02 Å². The quantitative estimate of drug-likeness (QED) is 0.468. The van der Waals surface area contributed by atoms with Gasteiger partial charge in [0.15, 0.2) is 0 Å². The lowest BCUT2D eigenvalue weighted by Crippen LogP contribution is -2.48. The third-order valence-corrected chi connectivity index (χ3v) is 6.03. The van der Waals surface area contributed by atoms with Crippen LogP contribution < -0.4 is 22.1 Å². The van der Waals surface area contributed by atoms with E-state index < -0.39 is 18.1 Å². The van der Waals surface area contributed by atoms with Crippen molar-refractivity contribution in [1.29, 1.82) is 0 Å². The highest BCUT2D eigenvalue weighted by molar-refractivity contribution is 6.30. The van der Waals surface area contributed by atoms with Gasteiger partial charge in [-0.2, -0.15) is 0 Å². The van der Waals surface area contributed by atoms with Gasteiger partial charge in [-0.1, -0.05) is 41.9 Å². The molecule has 2 heterocycles. The minimum absolute atomic E-state index is 0.226. The first-order valence-corrected chi connectivity index (χ1v) is 10.9. The van der Waals surface area contributed by atoms with Gasteiger partial charge in [-0.25, -0.2) is 9.59 Å². The van der Waals surface area contributed by atoms with Crippen LogP contribution in [0.5, 0.6) is 0 Å². The van der Waals surface area contributed by atoms with E-state index in [0.717, 1.165) is 5.56 Å². The number of likely N-dealkylation sites (tertiary alicyclic amines) is 1. The monoisotopic (exact) mass is 468 g/mol. The van der Waals surface area contributed by atoms with Gasteiger partial charge < -0.3 is 27.0 Å². The number of aromatic nitrogens is 1. The number of carbonyl (C=O) groups excluding carboxylic acids is 3. The van der Waals surface area contributed by atoms with Gasteiger partial charge in [0.1, 0.15) is 6.04 Å². The molecule has 6 N–H and O–H groups in total. The van der Waals surface area contributed by atoms with Crippen LogP contribution in [0.1, 0.15) is 24.9 Å². The molecule has 10 heteroatoms. The Morgan fingerprint density at radius 1 is 1.15 bits per heavy atom. The molecule has 172 valence electrons. The largest absolute Gasteiger partial charge is 0.351 e. The fourth-order valence-electron chi connectivity index (χ4n) is 4.16. The zero-order chi connectivity index (χ0) is 23.7. The molecule has 33 heavy (non-hydrogen) atoms. The first kappa shape index (κ1) is 22.6. The number of para-hydroxylation sites is 1. The van der Waals surface area contributed by atoms with E-state index in [1.807, 2.05) is 19.1 Å². The normalized spacial score (nSPS) is 18.8. The van der Waals surface area contributed by atoms with Crippen LogP contribution in [0.25, 0.3) is 10.9 Å². The van der Waals surface area contributed by atoms with Crippen molar-refractivity contribution in [3.05, 3.63) is 65.3 Å². The van der Waals surface area contributed by atoms with Crippen molar-refractivity contribution in [3.8, 4) is 0 Å². The number of fused-ring (bicyclic) bond motifs is 1. The number of nitrogens with two attached hydrogens (primary N) is 2. The molecule has 3 atom stereocenters. The van der Waals surface area contributed by atoms with E-state index in [1.54, 1.807) is 36.4 Å². The third kappa shape index (κ3) is 4.64. The number of halogens is 1. The lowest BCUT2D eigenvalue weighted by atomic mass is 10.1. The smallest absolute Gasteiger partial charge is 0.323 e. The number of hydrogen-bond donors (Lipinski definition) is 4. The average molecular weight is 469 g/mol. The number of rotatable bonds is 4. The molecule has 1 aliphatic heterocycles. The number of nitrogens with zero attached hydrogens (tertiary/aromatic N) is 2. The Hall–Kier alpha value is -3.56. The van der Waals surface area contributed by atoms with Crippen LogP contribution >= 0.6 is 11.6 Å². The van der Waals surface area contributed by atoms with Crippen LogP contribution in [0.3, 0.4) is 0 Å². The molecule has 2 aromatic carbocycles. The molecule has 1 aliphatic rings. The lowest BCUT2D eigenvalue weighted by Gasteiger charge is -2.25. The molecule has 0 unspecified atom stereocenters. The highest BCUT2D eigenvalue weighted by Crippen LogP contribution is 2.27. The van der Waals surface area contributed by atoms with Crippen LogP contribution in [0.15, 0.2) is 54.7 Å². The summed E-state index contributed by atoms with van der Waals surface area (Å²) in [5.74, 6) is -0.301. The topological polar surface area (TPSA) is 135 Å². The summed E-state index contributed by atoms with van der Waals surface area (Å²) in [6.07, 6.45) is 1.81.